The van der Waals surface area contributed by atoms with Gasteiger partial charge in [0, 0.05) is 29.7 Å². The zero-order chi connectivity index (χ0) is 13.1. The molecule has 5 heteroatoms. The van der Waals surface area contributed by atoms with Crippen molar-refractivity contribution in [3.05, 3.63) is 33.8 Å². The second-order valence-electron chi connectivity index (χ2n) is 4.56. The summed E-state index contributed by atoms with van der Waals surface area (Å²) in [5.74, 6) is 0.0907. The number of halogens is 2. The van der Waals surface area contributed by atoms with E-state index >= 15 is 0 Å². The van der Waals surface area contributed by atoms with E-state index in [4.69, 9.17) is 23.2 Å². The largest absolute Gasteiger partial charge is 0.341 e. The van der Waals surface area contributed by atoms with Crippen LogP contribution in [0.5, 0.6) is 0 Å². The van der Waals surface area contributed by atoms with Gasteiger partial charge in [0.25, 0.3) is 0 Å². The Morgan fingerprint density at radius 3 is 2.89 bits per heavy atom. The van der Waals surface area contributed by atoms with Crippen molar-refractivity contribution in [2.24, 2.45) is 0 Å². The van der Waals surface area contributed by atoms with E-state index in [2.05, 4.69) is 5.32 Å². The van der Waals surface area contributed by atoms with E-state index in [1.54, 1.807) is 12.1 Å². The lowest BCUT2D eigenvalue weighted by Crippen LogP contribution is -2.39. The van der Waals surface area contributed by atoms with Crippen LogP contribution in [0.15, 0.2) is 18.2 Å². The lowest BCUT2D eigenvalue weighted by molar-refractivity contribution is -0.130. The molecular formula is C13H16Cl2N2O. The molecule has 1 atom stereocenters. The third-order valence-electron chi connectivity index (χ3n) is 3.33. The van der Waals surface area contributed by atoms with Crippen molar-refractivity contribution in [1.82, 2.24) is 10.2 Å². The van der Waals surface area contributed by atoms with Gasteiger partial charge in [-0.1, -0.05) is 29.3 Å². The molecule has 1 aliphatic rings. The highest BCUT2D eigenvalue weighted by Gasteiger charge is 2.23. The summed E-state index contributed by atoms with van der Waals surface area (Å²) in [4.78, 5) is 14.0. The number of rotatable bonds is 3. The first-order valence-electron chi connectivity index (χ1n) is 5.98. The average molecular weight is 287 g/mol. The minimum absolute atomic E-state index is 0.0907. The molecule has 2 rings (SSSR count). The van der Waals surface area contributed by atoms with Gasteiger partial charge in [-0.3, -0.25) is 4.79 Å². The van der Waals surface area contributed by atoms with Gasteiger partial charge in [0.1, 0.15) is 0 Å². The van der Waals surface area contributed by atoms with Crippen LogP contribution in [-0.2, 0) is 11.2 Å². The van der Waals surface area contributed by atoms with Crippen molar-refractivity contribution in [3.8, 4) is 0 Å². The van der Waals surface area contributed by atoms with Crippen molar-refractivity contribution in [3.63, 3.8) is 0 Å². The molecule has 0 spiro atoms. The molecule has 1 aromatic carbocycles. The molecule has 0 aromatic heterocycles. The Morgan fingerprint density at radius 2 is 2.28 bits per heavy atom. The number of carbonyl (C=O) groups excluding carboxylic acids is 1. The number of carbonyl (C=O) groups is 1. The van der Waals surface area contributed by atoms with Crippen molar-refractivity contribution in [2.75, 3.05) is 20.1 Å². The van der Waals surface area contributed by atoms with Gasteiger partial charge in [-0.25, -0.2) is 0 Å². The van der Waals surface area contributed by atoms with Crippen LogP contribution in [0.4, 0.5) is 0 Å². The topological polar surface area (TPSA) is 32.3 Å². The lowest BCUT2D eigenvalue weighted by Gasteiger charge is -2.24. The zero-order valence-corrected chi connectivity index (χ0v) is 11.8. The number of hydrogen-bond donors (Lipinski definition) is 1. The van der Waals surface area contributed by atoms with E-state index in [9.17, 15) is 4.79 Å². The average Bonchev–Trinajstić information content (AvgIpc) is 2.85. The molecule has 0 bridgehead atoms. The molecule has 3 nitrogen and oxygen atoms in total. The monoisotopic (exact) mass is 286 g/mol. The van der Waals surface area contributed by atoms with Crippen molar-refractivity contribution >= 4 is 29.1 Å². The molecule has 1 aromatic rings. The summed E-state index contributed by atoms with van der Waals surface area (Å²) in [6, 6.07) is 5.53. The van der Waals surface area contributed by atoms with E-state index in [1.807, 2.05) is 18.0 Å². The number of hydrogen-bond acceptors (Lipinski definition) is 2. The van der Waals surface area contributed by atoms with Crippen LogP contribution in [0.1, 0.15) is 12.0 Å². The number of nitrogens with one attached hydrogen (secondary N) is 1. The van der Waals surface area contributed by atoms with Gasteiger partial charge in [-0.05, 0) is 30.7 Å². The first-order chi connectivity index (χ1) is 8.58. The molecule has 1 N–H and O–H groups in total. The lowest BCUT2D eigenvalue weighted by atomic mass is 10.1. The molecular weight excluding hydrogens is 271 g/mol. The molecule has 1 fully saturated rings. The first kappa shape index (κ1) is 13.7. The molecule has 98 valence electrons. The van der Waals surface area contributed by atoms with Crippen LogP contribution >= 0.6 is 23.2 Å². The van der Waals surface area contributed by atoms with Gasteiger partial charge in [0.05, 0.1) is 6.42 Å². The van der Waals surface area contributed by atoms with E-state index < -0.39 is 0 Å². The number of benzene rings is 1. The Balaban J connectivity index is 2.01. The third kappa shape index (κ3) is 3.16. The fourth-order valence-electron chi connectivity index (χ4n) is 2.13. The predicted molar refractivity (Wildman–Crippen MR) is 74.2 cm³/mol. The van der Waals surface area contributed by atoms with Gasteiger partial charge in [0.15, 0.2) is 0 Å². The maximum Gasteiger partial charge on any atom is 0.227 e. The van der Waals surface area contributed by atoms with Crippen LogP contribution in [0.3, 0.4) is 0 Å². The van der Waals surface area contributed by atoms with Gasteiger partial charge < -0.3 is 10.2 Å². The van der Waals surface area contributed by atoms with Crippen molar-refractivity contribution in [1.29, 1.82) is 0 Å². The smallest absolute Gasteiger partial charge is 0.227 e. The van der Waals surface area contributed by atoms with E-state index in [0.29, 0.717) is 22.5 Å². The summed E-state index contributed by atoms with van der Waals surface area (Å²) >= 11 is 11.9. The Labute approximate surface area is 117 Å². The fourth-order valence-corrected chi connectivity index (χ4v) is 2.60. The van der Waals surface area contributed by atoms with Crippen LogP contribution < -0.4 is 5.32 Å². The molecule has 1 saturated heterocycles. The van der Waals surface area contributed by atoms with E-state index in [0.717, 1.165) is 25.1 Å². The van der Waals surface area contributed by atoms with Gasteiger partial charge in [-0.2, -0.15) is 0 Å². The molecule has 1 aliphatic heterocycles. The molecule has 0 radical (unpaired) electrons. The highest BCUT2D eigenvalue weighted by Crippen LogP contribution is 2.22. The molecule has 18 heavy (non-hydrogen) atoms. The maximum atomic E-state index is 12.1. The minimum atomic E-state index is 0.0907. The van der Waals surface area contributed by atoms with Crippen LogP contribution in [0.25, 0.3) is 0 Å². The van der Waals surface area contributed by atoms with Crippen LogP contribution in [-0.4, -0.2) is 37.0 Å². The highest BCUT2D eigenvalue weighted by molar-refractivity contribution is 6.35. The predicted octanol–water partition coefficient (Wildman–Crippen LogP) is 2.36. The Kier molecular flexibility index (Phi) is 4.49. The fraction of sp³-hybridized carbons (Fsp3) is 0.462. The van der Waals surface area contributed by atoms with Crippen molar-refractivity contribution < 1.29 is 4.79 Å². The Morgan fingerprint density at radius 1 is 1.50 bits per heavy atom. The maximum absolute atomic E-state index is 12.1. The van der Waals surface area contributed by atoms with Crippen molar-refractivity contribution in [2.45, 2.75) is 18.9 Å². The molecule has 0 unspecified atom stereocenters. The quantitative estimate of drug-likeness (QED) is 0.925. The van der Waals surface area contributed by atoms with Crippen LogP contribution in [0.2, 0.25) is 10.0 Å². The molecule has 0 saturated carbocycles. The second kappa shape index (κ2) is 5.91. The first-order valence-corrected chi connectivity index (χ1v) is 6.74. The summed E-state index contributed by atoms with van der Waals surface area (Å²) in [7, 11) is 1.85. The summed E-state index contributed by atoms with van der Waals surface area (Å²) in [5, 5.41) is 4.39. The summed E-state index contributed by atoms with van der Waals surface area (Å²) in [5.41, 5.74) is 0.823. The van der Waals surface area contributed by atoms with E-state index in [1.165, 1.54) is 0 Å². The number of likely N-dealkylation sites (N-methyl/N-ethyl adjacent to an activating group) is 1. The third-order valence-corrected chi connectivity index (χ3v) is 3.92. The highest BCUT2D eigenvalue weighted by atomic mass is 35.5. The SMILES string of the molecule is CN(C(=O)Cc1ccc(Cl)cc1Cl)[C@@H]1CCNC1. The number of nitrogens with zero attached hydrogens (tertiary/aromatic N) is 1. The molecule has 0 aliphatic carbocycles. The normalized spacial score (nSPS) is 18.9. The summed E-state index contributed by atoms with van der Waals surface area (Å²) < 4.78 is 0. The summed E-state index contributed by atoms with van der Waals surface area (Å²) in [6.07, 6.45) is 1.33. The molecule has 1 heterocycles. The number of amides is 1. The van der Waals surface area contributed by atoms with Gasteiger partial charge >= 0.3 is 0 Å². The Bertz CT molecular complexity index is 445. The Hall–Kier alpha value is -0.770. The van der Waals surface area contributed by atoms with E-state index in [-0.39, 0.29) is 5.91 Å². The van der Waals surface area contributed by atoms with Gasteiger partial charge in [-0.15, -0.1) is 0 Å². The molecule has 1 amide bonds. The minimum Gasteiger partial charge on any atom is -0.341 e. The summed E-state index contributed by atoms with van der Waals surface area (Å²) in [6.45, 7) is 1.85. The zero-order valence-electron chi connectivity index (χ0n) is 10.2. The second-order valence-corrected chi connectivity index (χ2v) is 5.41. The van der Waals surface area contributed by atoms with Crippen LogP contribution in [0, 0.1) is 0 Å². The standard InChI is InChI=1S/C13H16Cl2N2O/c1-17(11-4-5-16-8-11)13(18)6-9-2-3-10(14)7-12(9)15/h2-3,7,11,16H,4-6,8H2,1H3/t11-/m1/s1. The van der Waals surface area contributed by atoms with Gasteiger partial charge in [0.2, 0.25) is 5.91 Å².